The molecule has 2 aliphatic rings. The van der Waals surface area contributed by atoms with Gasteiger partial charge in [-0.15, -0.1) is 0 Å². The Kier molecular flexibility index (Phi) is 7.30. The maximum atomic E-state index is 13.6. The summed E-state index contributed by atoms with van der Waals surface area (Å²) in [6.07, 6.45) is 2.06. The fraction of sp³-hybridized carbons (Fsp3) is 0.220. The van der Waals surface area contributed by atoms with Crippen molar-refractivity contribution in [2.75, 3.05) is 26.2 Å². The van der Waals surface area contributed by atoms with Gasteiger partial charge in [0.2, 0.25) is 0 Å². The van der Waals surface area contributed by atoms with E-state index < -0.39 is 0 Å². The molecule has 238 valence electrons. The van der Waals surface area contributed by atoms with Crippen LogP contribution in [0.1, 0.15) is 71.8 Å². The van der Waals surface area contributed by atoms with E-state index in [-0.39, 0.29) is 23.6 Å². The summed E-state index contributed by atoms with van der Waals surface area (Å²) in [7, 11) is 0. The molecule has 48 heavy (non-hydrogen) atoms. The number of aryl methyl sites for hydroxylation is 2. The second kappa shape index (κ2) is 11.7. The van der Waals surface area contributed by atoms with Crippen molar-refractivity contribution < 1.29 is 19.2 Å². The predicted molar refractivity (Wildman–Crippen MR) is 190 cm³/mol. The number of nitrogens with one attached hydrogen (secondary N) is 1. The Hall–Kier alpha value is -5.40. The lowest BCUT2D eigenvalue weighted by molar-refractivity contribution is 0.0591. The second-order valence-electron chi connectivity index (χ2n) is 13.1. The van der Waals surface area contributed by atoms with Gasteiger partial charge in [-0.1, -0.05) is 71.8 Å². The molecule has 6 aromatic carbocycles. The van der Waals surface area contributed by atoms with Gasteiger partial charge in [0.15, 0.2) is 0 Å². The summed E-state index contributed by atoms with van der Waals surface area (Å²) in [6, 6.07) is 27.6. The zero-order valence-corrected chi connectivity index (χ0v) is 27.1. The number of benzene rings is 6. The standard InChI is InChI=1S/C41H35N3O4/c1-24-12-14-26-22-34-36-28(32(26)20-24)8-5-10-30(36)38(45)43(40(34)47)18-4-3-16-42-17-7-19-44-39(46)31-11-6-9-29-33-21-25(2)13-15-27(33)23-35(37(29)31)41(44)48/h5-6,8-15,20-23,42H,3-4,7,16-19H2,1-2H3. The zero-order chi connectivity index (χ0) is 33.1. The normalized spacial score (nSPS) is 14.4. The first-order valence-corrected chi connectivity index (χ1v) is 16.7. The van der Waals surface area contributed by atoms with Crippen LogP contribution < -0.4 is 5.32 Å². The highest BCUT2D eigenvalue weighted by molar-refractivity contribution is 6.30. The highest BCUT2D eigenvalue weighted by Crippen LogP contribution is 2.37. The maximum Gasteiger partial charge on any atom is 0.261 e. The highest BCUT2D eigenvalue weighted by Gasteiger charge is 2.34. The van der Waals surface area contributed by atoms with Crippen LogP contribution in [0.15, 0.2) is 84.9 Å². The lowest BCUT2D eigenvalue weighted by Gasteiger charge is -2.28. The number of rotatable bonds is 9. The quantitative estimate of drug-likeness (QED) is 0.101. The molecule has 0 bridgehead atoms. The minimum atomic E-state index is -0.249. The van der Waals surface area contributed by atoms with Gasteiger partial charge in [0.25, 0.3) is 23.6 Å². The van der Waals surface area contributed by atoms with Crippen LogP contribution in [0.25, 0.3) is 43.1 Å². The molecule has 0 saturated carbocycles. The molecule has 0 fully saturated rings. The Balaban J connectivity index is 0.871. The van der Waals surface area contributed by atoms with Gasteiger partial charge in [0.1, 0.15) is 0 Å². The average Bonchev–Trinajstić information content (AvgIpc) is 3.09. The van der Waals surface area contributed by atoms with Crippen molar-refractivity contribution >= 4 is 66.7 Å². The summed E-state index contributed by atoms with van der Waals surface area (Å²) in [5.74, 6) is -0.978. The zero-order valence-electron chi connectivity index (χ0n) is 27.1. The lowest BCUT2D eigenvalue weighted by Crippen LogP contribution is -2.41. The number of imide groups is 2. The van der Waals surface area contributed by atoms with Crippen LogP contribution in [-0.2, 0) is 0 Å². The fourth-order valence-corrected chi connectivity index (χ4v) is 7.52. The first kappa shape index (κ1) is 30.0. The molecule has 1 N–H and O–H groups in total. The summed E-state index contributed by atoms with van der Waals surface area (Å²) in [5, 5.41) is 10.8. The molecule has 0 spiro atoms. The molecule has 0 radical (unpaired) electrons. The summed E-state index contributed by atoms with van der Waals surface area (Å²) in [6.45, 7) is 6.08. The van der Waals surface area contributed by atoms with Gasteiger partial charge in [-0.2, -0.15) is 0 Å². The third kappa shape index (κ3) is 4.76. The van der Waals surface area contributed by atoms with Crippen molar-refractivity contribution in [2.24, 2.45) is 0 Å². The highest BCUT2D eigenvalue weighted by atomic mass is 16.2. The van der Waals surface area contributed by atoms with E-state index in [0.29, 0.717) is 61.3 Å². The molecular formula is C41H35N3O4. The molecule has 4 amide bonds. The van der Waals surface area contributed by atoms with Gasteiger partial charge < -0.3 is 5.32 Å². The molecule has 2 heterocycles. The molecule has 0 aliphatic carbocycles. The Labute approximate surface area is 278 Å². The topological polar surface area (TPSA) is 86.8 Å². The van der Waals surface area contributed by atoms with Gasteiger partial charge in [-0.3, -0.25) is 29.0 Å². The second-order valence-corrected chi connectivity index (χ2v) is 13.1. The van der Waals surface area contributed by atoms with Crippen LogP contribution in [0.4, 0.5) is 0 Å². The van der Waals surface area contributed by atoms with Crippen molar-refractivity contribution in [3.63, 3.8) is 0 Å². The van der Waals surface area contributed by atoms with Crippen molar-refractivity contribution in [1.29, 1.82) is 0 Å². The summed E-state index contributed by atoms with van der Waals surface area (Å²) < 4.78 is 0. The van der Waals surface area contributed by atoms with Crippen LogP contribution in [0, 0.1) is 13.8 Å². The van der Waals surface area contributed by atoms with Crippen molar-refractivity contribution in [3.05, 3.63) is 118 Å². The van der Waals surface area contributed by atoms with Crippen molar-refractivity contribution in [1.82, 2.24) is 15.1 Å². The number of carbonyl (C=O) groups excluding carboxylic acids is 4. The molecule has 0 saturated heterocycles. The molecule has 8 rings (SSSR count). The fourth-order valence-electron chi connectivity index (χ4n) is 7.52. The van der Waals surface area contributed by atoms with Crippen LogP contribution in [-0.4, -0.2) is 59.6 Å². The molecule has 0 aromatic heterocycles. The lowest BCUT2D eigenvalue weighted by atomic mass is 9.89. The number of amides is 4. The third-order valence-electron chi connectivity index (χ3n) is 9.89. The van der Waals surface area contributed by atoms with Gasteiger partial charge >= 0.3 is 0 Å². The van der Waals surface area contributed by atoms with E-state index >= 15 is 0 Å². The average molecular weight is 634 g/mol. The number of hydrogen-bond acceptors (Lipinski definition) is 5. The Morgan fingerprint density at radius 2 is 0.938 bits per heavy atom. The molecule has 6 aromatic rings. The van der Waals surface area contributed by atoms with Crippen molar-refractivity contribution in [2.45, 2.75) is 33.1 Å². The van der Waals surface area contributed by atoms with E-state index in [2.05, 4.69) is 17.4 Å². The largest absolute Gasteiger partial charge is 0.317 e. The molecular weight excluding hydrogens is 598 g/mol. The van der Waals surface area contributed by atoms with Gasteiger partial charge in [-0.25, -0.2) is 0 Å². The number of hydrogen-bond donors (Lipinski definition) is 1. The number of fused-ring (bicyclic) bond motifs is 4. The SMILES string of the molecule is Cc1ccc2cc3c4c(cccc4c2c1)C(=O)N(CCCCNCCCN1C(=O)c2cccc4c2c(cc2ccc(C)cc24)C1=O)C3=O. The number of nitrogens with zero attached hydrogens (tertiary/aromatic N) is 2. The van der Waals surface area contributed by atoms with E-state index in [1.54, 1.807) is 0 Å². The van der Waals surface area contributed by atoms with Gasteiger partial charge in [0, 0.05) is 46.1 Å². The van der Waals surface area contributed by atoms with E-state index in [1.165, 1.54) is 9.80 Å². The van der Waals surface area contributed by atoms with Gasteiger partial charge in [0.05, 0.1) is 0 Å². The van der Waals surface area contributed by atoms with Crippen LogP contribution in [0.2, 0.25) is 0 Å². The summed E-state index contributed by atoms with van der Waals surface area (Å²) in [4.78, 5) is 56.8. The first-order chi connectivity index (χ1) is 23.3. The molecule has 7 heteroatoms. The maximum absolute atomic E-state index is 13.6. The Morgan fingerprint density at radius 3 is 1.46 bits per heavy atom. The first-order valence-electron chi connectivity index (χ1n) is 16.7. The minimum absolute atomic E-state index is 0.240. The smallest absolute Gasteiger partial charge is 0.261 e. The van der Waals surface area contributed by atoms with Gasteiger partial charge in [-0.05, 0) is 103 Å². The Bertz CT molecular complexity index is 2210. The predicted octanol–water partition coefficient (Wildman–Crippen LogP) is 7.57. The Morgan fingerprint density at radius 1 is 0.479 bits per heavy atom. The van der Waals surface area contributed by atoms with Crippen LogP contribution in [0.5, 0.6) is 0 Å². The molecule has 2 aliphatic heterocycles. The minimum Gasteiger partial charge on any atom is -0.317 e. The summed E-state index contributed by atoms with van der Waals surface area (Å²) >= 11 is 0. The monoisotopic (exact) mass is 633 g/mol. The van der Waals surface area contributed by atoms with Crippen LogP contribution >= 0.6 is 0 Å². The van der Waals surface area contributed by atoms with Crippen LogP contribution in [0.3, 0.4) is 0 Å². The van der Waals surface area contributed by atoms with E-state index in [1.807, 2.05) is 86.6 Å². The van der Waals surface area contributed by atoms with E-state index in [0.717, 1.165) is 60.6 Å². The third-order valence-corrected chi connectivity index (χ3v) is 9.89. The van der Waals surface area contributed by atoms with E-state index in [9.17, 15) is 19.2 Å². The summed E-state index contributed by atoms with van der Waals surface area (Å²) in [5.41, 5.74) is 4.57. The van der Waals surface area contributed by atoms with Crippen molar-refractivity contribution in [3.8, 4) is 0 Å². The molecule has 7 nitrogen and oxygen atoms in total. The number of unbranched alkanes of at least 4 members (excludes halogenated alkanes) is 1. The van der Waals surface area contributed by atoms with E-state index in [4.69, 9.17) is 0 Å². The molecule has 0 unspecified atom stereocenters. The molecule has 0 atom stereocenters. The number of carbonyl (C=O) groups is 4.